The topological polar surface area (TPSA) is 80.5 Å². The van der Waals surface area contributed by atoms with E-state index in [1.165, 1.54) is 22.7 Å². The van der Waals surface area contributed by atoms with Crippen LogP contribution in [0.3, 0.4) is 0 Å². The highest BCUT2D eigenvalue weighted by Gasteiger charge is 2.17. The Balaban J connectivity index is 1.44. The Hall–Kier alpha value is -2.23. The number of nitrogens with one attached hydrogen (secondary N) is 1. The third-order valence-electron chi connectivity index (χ3n) is 3.72. The number of carbonyl (C=O) groups is 1. The number of imidazole rings is 1. The van der Waals surface area contributed by atoms with Gasteiger partial charge in [0.05, 0.1) is 21.0 Å². The summed E-state index contributed by atoms with van der Waals surface area (Å²) in [4.78, 5) is 19.2. The average Bonchev–Trinajstić information content (AvgIpc) is 3.27. The van der Waals surface area contributed by atoms with Gasteiger partial charge >= 0.3 is 0 Å². The Kier molecular flexibility index (Phi) is 4.06. The second kappa shape index (κ2) is 6.25. The monoisotopic (exact) mass is 391 g/mol. The lowest BCUT2D eigenvalue weighted by Gasteiger charge is -2.05. The van der Waals surface area contributed by atoms with Gasteiger partial charge in [-0.3, -0.25) is 9.20 Å². The molecule has 9 heteroatoms. The van der Waals surface area contributed by atoms with Crippen molar-refractivity contribution in [2.45, 2.75) is 4.90 Å². The van der Waals surface area contributed by atoms with E-state index in [2.05, 4.69) is 10.3 Å². The third-order valence-corrected chi connectivity index (χ3v) is 7.23. The third kappa shape index (κ3) is 3.06. The summed E-state index contributed by atoms with van der Waals surface area (Å²) in [5.41, 5.74) is 0.892. The van der Waals surface area contributed by atoms with Crippen LogP contribution in [0.5, 0.6) is 0 Å². The molecular formula is C16H13N3O3S3. The minimum absolute atomic E-state index is 0.0621. The number of sulfone groups is 1. The fourth-order valence-corrected chi connectivity index (χ4v) is 5.39. The summed E-state index contributed by atoms with van der Waals surface area (Å²) in [5.74, 6) is -0.419. The minimum Gasteiger partial charge on any atom is -0.350 e. The summed E-state index contributed by atoms with van der Waals surface area (Å²) >= 11 is 2.84. The normalized spacial score (nSPS) is 12.0. The Bertz CT molecular complexity index is 1160. The van der Waals surface area contributed by atoms with Crippen LogP contribution in [-0.2, 0) is 9.84 Å². The first-order valence-corrected chi connectivity index (χ1v) is 10.8. The van der Waals surface area contributed by atoms with E-state index in [4.69, 9.17) is 0 Å². The van der Waals surface area contributed by atoms with E-state index in [1.54, 1.807) is 36.4 Å². The lowest BCUT2D eigenvalue weighted by molar-refractivity contribution is 0.0960. The zero-order valence-corrected chi connectivity index (χ0v) is 15.3. The number of thiazole rings is 1. The van der Waals surface area contributed by atoms with Crippen LogP contribution in [0.15, 0.2) is 52.9 Å². The number of thiophene rings is 1. The second-order valence-electron chi connectivity index (χ2n) is 5.36. The number of carbonyl (C=O) groups excluding carboxylic acids is 1. The fourth-order valence-electron chi connectivity index (χ4n) is 2.49. The molecule has 4 aromatic rings. The molecule has 1 aromatic carbocycles. The highest BCUT2D eigenvalue weighted by atomic mass is 32.2. The molecule has 0 aliphatic heterocycles. The van der Waals surface area contributed by atoms with E-state index in [9.17, 15) is 13.2 Å². The van der Waals surface area contributed by atoms with Crippen LogP contribution in [0, 0.1) is 0 Å². The molecule has 0 radical (unpaired) electrons. The van der Waals surface area contributed by atoms with Gasteiger partial charge in [-0.1, -0.05) is 18.2 Å². The lowest BCUT2D eigenvalue weighted by Crippen LogP contribution is -2.28. The SMILES string of the molecule is O=C(NCCS(=O)(=O)c1ccccc1)c1cc2c(nc3sccn32)s1. The van der Waals surface area contributed by atoms with Crippen molar-refractivity contribution in [3.63, 3.8) is 0 Å². The highest BCUT2D eigenvalue weighted by Crippen LogP contribution is 2.28. The highest BCUT2D eigenvalue weighted by molar-refractivity contribution is 7.91. The molecule has 0 bridgehead atoms. The molecule has 1 amide bonds. The van der Waals surface area contributed by atoms with Crippen molar-refractivity contribution in [2.24, 2.45) is 0 Å². The van der Waals surface area contributed by atoms with Crippen molar-refractivity contribution in [3.05, 3.63) is 52.9 Å². The predicted octanol–water partition coefficient (Wildman–Crippen LogP) is 2.81. The second-order valence-corrected chi connectivity index (χ2v) is 9.37. The summed E-state index contributed by atoms with van der Waals surface area (Å²) in [6, 6.07) is 10.0. The molecule has 0 spiro atoms. The van der Waals surface area contributed by atoms with Gasteiger partial charge in [0, 0.05) is 18.1 Å². The Labute approximate surface area is 151 Å². The molecule has 0 saturated heterocycles. The number of rotatable bonds is 5. The van der Waals surface area contributed by atoms with Gasteiger partial charge in [0.1, 0.15) is 4.83 Å². The van der Waals surface area contributed by atoms with E-state index >= 15 is 0 Å². The van der Waals surface area contributed by atoms with Crippen LogP contribution in [0.2, 0.25) is 0 Å². The Morgan fingerprint density at radius 1 is 1.24 bits per heavy atom. The zero-order chi connectivity index (χ0) is 17.4. The van der Waals surface area contributed by atoms with Crippen molar-refractivity contribution in [2.75, 3.05) is 12.3 Å². The van der Waals surface area contributed by atoms with Crippen LogP contribution in [-0.4, -0.2) is 36.0 Å². The molecule has 0 saturated carbocycles. The molecule has 0 unspecified atom stereocenters. The summed E-state index contributed by atoms with van der Waals surface area (Å²) in [5, 5.41) is 4.61. The van der Waals surface area contributed by atoms with E-state index < -0.39 is 9.84 Å². The van der Waals surface area contributed by atoms with Crippen molar-refractivity contribution in [1.29, 1.82) is 0 Å². The number of nitrogens with zero attached hydrogens (tertiary/aromatic N) is 2. The van der Waals surface area contributed by atoms with E-state index in [-0.39, 0.29) is 23.1 Å². The number of fused-ring (bicyclic) bond motifs is 3. The molecular weight excluding hydrogens is 378 g/mol. The molecule has 25 heavy (non-hydrogen) atoms. The van der Waals surface area contributed by atoms with Crippen LogP contribution in [0.1, 0.15) is 9.67 Å². The van der Waals surface area contributed by atoms with E-state index in [0.29, 0.717) is 4.88 Å². The molecule has 1 N–H and O–H groups in total. The minimum atomic E-state index is -3.40. The molecule has 0 atom stereocenters. The molecule has 0 aliphatic rings. The van der Waals surface area contributed by atoms with Gasteiger partial charge < -0.3 is 5.32 Å². The maximum atomic E-state index is 12.3. The first-order valence-electron chi connectivity index (χ1n) is 7.46. The summed E-state index contributed by atoms with van der Waals surface area (Å²) in [6.45, 7) is 0.0621. The summed E-state index contributed by atoms with van der Waals surface area (Å²) in [7, 11) is -3.40. The molecule has 0 aliphatic carbocycles. The first-order chi connectivity index (χ1) is 12.0. The van der Waals surface area contributed by atoms with Crippen LogP contribution >= 0.6 is 22.7 Å². The van der Waals surface area contributed by atoms with Crippen molar-refractivity contribution in [3.8, 4) is 0 Å². The van der Waals surface area contributed by atoms with Crippen molar-refractivity contribution in [1.82, 2.24) is 14.7 Å². The standard InChI is InChI=1S/C16H13N3O3S3/c20-14(17-6-9-25(21,22)11-4-2-1-3-5-11)13-10-12-15(24-13)18-16-19(12)7-8-23-16/h1-5,7-8,10H,6,9H2,(H,17,20). The van der Waals surface area contributed by atoms with Gasteiger partial charge in [-0.25, -0.2) is 13.4 Å². The van der Waals surface area contributed by atoms with Crippen LogP contribution in [0.25, 0.3) is 15.3 Å². The largest absolute Gasteiger partial charge is 0.350 e. The van der Waals surface area contributed by atoms with E-state index in [1.807, 2.05) is 16.0 Å². The van der Waals surface area contributed by atoms with Crippen molar-refractivity contribution >= 4 is 53.7 Å². The quantitative estimate of drug-likeness (QED) is 0.567. The number of aromatic nitrogens is 2. The predicted molar refractivity (Wildman–Crippen MR) is 99.3 cm³/mol. The smallest absolute Gasteiger partial charge is 0.261 e. The van der Waals surface area contributed by atoms with Gasteiger partial charge in [-0.15, -0.1) is 22.7 Å². The molecule has 4 rings (SSSR count). The Morgan fingerprint density at radius 2 is 2.04 bits per heavy atom. The number of benzene rings is 1. The molecule has 3 heterocycles. The number of amides is 1. The number of hydrogen-bond donors (Lipinski definition) is 1. The summed E-state index contributed by atoms with van der Waals surface area (Å²) < 4.78 is 26.3. The van der Waals surface area contributed by atoms with Gasteiger partial charge in [-0.05, 0) is 18.2 Å². The maximum absolute atomic E-state index is 12.3. The van der Waals surface area contributed by atoms with E-state index in [0.717, 1.165) is 15.3 Å². The van der Waals surface area contributed by atoms with Crippen LogP contribution in [0.4, 0.5) is 0 Å². The van der Waals surface area contributed by atoms with Crippen molar-refractivity contribution < 1.29 is 13.2 Å². The first kappa shape index (κ1) is 16.2. The van der Waals surface area contributed by atoms with Gasteiger partial charge in [0.15, 0.2) is 14.8 Å². The maximum Gasteiger partial charge on any atom is 0.261 e. The number of hydrogen-bond acceptors (Lipinski definition) is 6. The summed E-state index contributed by atoms with van der Waals surface area (Å²) in [6.07, 6.45) is 1.91. The van der Waals surface area contributed by atoms with Gasteiger partial charge in [0.2, 0.25) is 0 Å². The van der Waals surface area contributed by atoms with Gasteiger partial charge in [0.25, 0.3) is 5.91 Å². The molecule has 6 nitrogen and oxygen atoms in total. The molecule has 0 fully saturated rings. The fraction of sp³-hybridized carbons (Fsp3) is 0.125. The average molecular weight is 391 g/mol. The molecule has 128 valence electrons. The van der Waals surface area contributed by atoms with Crippen LogP contribution < -0.4 is 5.32 Å². The van der Waals surface area contributed by atoms with Gasteiger partial charge in [-0.2, -0.15) is 0 Å². The molecule has 3 aromatic heterocycles. The Morgan fingerprint density at radius 3 is 2.84 bits per heavy atom. The lowest BCUT2D eigenvalue weighted by atomic mass is 10.4. The zero-order valence-electron chi connectivity index (χ0n) is 12.9.